The van der Waals surface area contributed by atoms with Gasteiger partial charge in [0.25, 0.3) is 0 Å². The monoisotopic (exact) mass is 399 g/mol. The van der Waals surface area contributed by atoms with Gasteiger partial charge in [-0.05, 0) is 42.7 Å². The Hall–Kier alpha value is -2.51. The van der Waals surface area contributed by atoms with Gasteiger partial charge in [-0.3, -0.25) is 4.79 Å². The Balaban J connectivity index is 1.61. The molecule has 1 fully saturated rings. The second kappa shape index (κ2) is 7.62. The summed E-state index contributed by atoms with van der Waals surface area (Å²) >= 11 is 7.23. The molecular formula is C19H18ClN5OS. The summed E-state index contributed by atoms with van der Waals surface area (Å²) in [5, 5.41) is 12.1. The molecule has 1 atom stereocenters. The van der Waals surface area contributed by atoms with E-state index in [1.165, 1.54) is 16.4 Å². The molecule has 0 spiro atoms. The van der Waals surface area contributed by atoms with Crippen molar-refractivity contribution in [2.75, 3.05) is 5.84 Å². The summed E-state index contributed by atoms with van der Waals surface area (Å²) < 4.78 is 1.41. The highest BCUT2D eigenvalue weighted by Gasteiger charge is 2.30. The molecule has 0 radical (unpaired) electrons. The molecule has 0 saturated heterocycles. The molecule has 1 aromatic heterocycles. The van der Waals surface area contributed by atoms with Gasteiger partial charge in [-0.15, -0.1) is 10.2 Å². The minimum absolute atomic E-state index is 0.0373. The molecule has 1 aliphatic carbocycles. The summed E-state index contributed by atoms with van der Waals surface area (Å²) in [6.07, 6.45) is 2.07. The number of carbonyl (C=O) groups is 1. The van der Waals surface area contributed by atoms with Crippen LogP contribution in [0.25, 0.3) is 11.4 Å². The van der Waals surface area contributed by atoms with Crippen LogP contribution < -0.4 is 11.2 Å². The maximum absolute atomic E-state index is 12.8. The van der Waals surface area contributed by atoms with E-state index in [1.807, 2.05) is 42.5 Å². The average molecular weight is 400 g/mol. The van der Waals surface area contributed by atoms with Gasteiger partial charge in [-0.1, -0.05) is 53.7 Å². The molecule has 1 amide bonds. The molecule has 138 valence electrons. The minimum Gasteiger partial charge on any atom is -0.352 e. The lowest BCUT2D eigenvalue weighted by atomic mass is 10.1. The molecule has 1 heterocycles. The van der Waals surface area contributed by atoms with E-state index in [9.17, 15) is 4.79 Å². The number of amides is 1. The Labute approximate surface area is 166 Å². The molecule has 4 rings (SSSR count). The van der Waals surface area contributed by atoms with Gasteiger partial charge >= 0.3 is 0 Å². The van der Waals surface area contributed by atoms with Crippen LogP contribution in [0.1, 0.15) is 23.7 Å². The highest BCUT2D eigenvalue weighted by molar-refractivity contribution is 8.00. The lowest BCUT2D eigenvalue weighted by molar-refractivity contribution is -0.120. The van der Waals surface area contributed by atoms with Crippen LogP contribution in [0.4, 0.5) is 0 Å². The molecular weight excluding hydrogens is 382 g/mol. The first-order valence-electron chi connectivity index (χ1n) is 8.60. The third-order valence-corrected chi connectivity index (χ3v) is 5.72. The predicted octanol–water partition coefficient (Wildman–Crippen LogP) is 3.42. The van der Waals surface area contributed by atoms with Crippen molar-refractivity contribution in [3.63, 3.8) is 0 Å². The zero-order valence-electron chi connectivity index (χ0n) is 14.4. The first-order chi connectivity index (χ1) is 13.1. The van der Waals surface area contributed by atoms with Crippen molar-refractivity contribution in [3.8, 4) is 11.4 Å². The largest absolute Gasteiger partial charge is 0.352 e. The summed E-state index contributed by atoms with van der Waals surface area (Å²) in [5.74, 6) is 6.70. The van der Waals surface area contributed by atoms with E-state index in [2.05, 4.69) is 15.5 Å². The van der Waals surface area contributed by atoms with E-state index in [-0.39, 0.29) is 11.9 Å². The van der Waals surface area contributed by atoms with Crippen molar-refractivity contribution in [1.82, 2.24) is 20.2 Å². The molecule has 3 aromatic rings. The number of nitrogens with one attached hydrogen (secondary N) is 1. The second-order valence-electron chi connectivity index (χ2n) is 6.37. The Kier molecular flexibility index (Phi) is 5.05. The van der Waals surface area contributed by atoms with E-state index >= 15 is 0 Å². The first kappa shape index (κ1) is 17.9. The number of benzene rings is 2. The molecule has 1 saturated carbocycles. The van der Waals surface area contributed by atoms with E-state index in [0.717, 1.165) is 24.0 Å². The van der Waals surface area contributed by atoms with E-state index < -0.39 is 5.25 Å². The Morgan fingerprint density at radius 2 is 1.85 bits per heavy atom. The number of nitrogens with zero attached hydrogens (tertiary/aromatic N) is 3. The minimum atomic E-state index is -0.448. The van der Waals surface area contributed by atoms with Gasteiger partial charge in [0, 0.05) is 16.6 Å². The molecule has 0 unspecified atom stereocenters. The number of nitrogens with two attached hydrogens (primary N) is 1. The van der Waals surface area contributed by atoms with Crippen LogP contribution >= 0.6 is 23.4 Å². The number of nitrogen functional groups attached to an aromatic ring is 1. The highest BCUT2D eigenvalue weighted by Crippen LogP contribution is 2.36. The standard InChI is InChI=1S/C19H18ClN5OS/c20-14-8-6-13(7-9-14)17-23-24-19(25(17)21)27-16(12-4-2-1-3-5-12)18(26)22-15-10-11-15/h1-9,15-16H,10-11,21H2,(H,22,26)/t16-/m1/s1. The Bertz CT molecular complexity index is 940. The fourth-order valence-electron chi connectivity index (χ4n) is 2.66. The van der Waals surface area contributed by atoms with Gasteiger partial charge < -0.3 is 11.2 Å². The number of thioether (sulfide) groups is 1. The zero-order valence-corrected chi connectivity index (χ0v) is 16.0. The number of halogens is 1. The second-order valence-corrected chi connectivity index (χ2v) is 7.88. The smallest absolute Gasteiger partial charge is 0.238 e. The zero-order chi connectivity index (χ0) is 18.8. The first-order valence-corrected chi connectivity index (χ1v) is 9.86. The summed E-state index contributed by atoms with van der Waals surface area (Å²) in [5.41, 5.74) is 1.71. The lowest BCUT2D eigenvalue weighted by Crippen LogP contribution is -2.30. The Morgan fingerprint density at radius 3 is 2.52 bits per heavy atom. The van der Waals surface area contributed by atoms with E-state index in [4.69, 9.17) is 17.4 Å². The van der Waals surface area contributed by atoms with Gasteiger partial charge in [0.1, 0.15) is 5.25 Å². The number of carbonyl (C=O) groups excluding carboxylic acids is 1. The summed E-state index contributed by atoms with van der Waals surface area (Å²) in [4.78, 5) is 12.8. The third-order valence-electron chi connectivity index (χ3n) is 4.25. The van der Waals surface area contributed by atoms with Crippen LogP contribution in [0.3, 0.4) is 0 Å². The molecule has 1 aliphatic rings. The lowest BCUT2D eigenvalue weighted by Gasteiger charge is -2.16. The SMILES string of the molecule is Nn1c(S[C@@H](C(=O)NC2CC2)c2ccccc2)nnc1-c1ccc(Cl)cc1. The quantitative estimate of drug-likeness (QED) is 0.490. The summed E-state index contributed by atoms with van der Waals surface area (Å²) in [6, 6.07) is 17.1. The molecule has 27 heavy (non-hydrogen) atoms. The van der Waals surface area contributed by atoms with Crippen LogP contribution in [0.5, 0.6) is 0 Å². The topological polar surface area (TPSA) is 85.8 Å². The van der Waals surface area contributed by atoms with Crippen molar-refractivity contribution in [2.24, 2.45) is 0 Å². The van der Waals surface area contributed by atoms with Crippen LogP contribution in [0, 0.1) is 0 Å². The highest BCUT2D eigenvalue weighted by atomic mass is 35.5. The molecule has 6 nitrogen and oxygen atoms in total. The van der Waals surface area contributed by atoms with Crippen LogP contribution in [0.15, 0.2) is 59.8 Å². The van der Waals surface area contributed by atoms with Crippen molar-refractivity contribution in [2.45, 2.75) is 29.3 Å². The van der Waals surface area contributed by atoms with Gasteiger partial charge in [0.2, 0.25) is 11.1 Å². The van der Waals surface area contributed by atoms with E-state index in [1.54, 1.807) is 12.1 Å². The van der Waals surface area contributed by atoms with E-state index in [0.29, 0.717) is 16.0 Å². The summed E-state index contributed by atoms with van der Waals surface area (Å²) in [6.45, 7) is 0. The van der Waals surface area contributed by atoms with Crippen LogP contribution in [-0.4, -0.2) is 26.8 Å². The van der Waals surface area contributed by atoms with Crippen molar-refractivity contribution in [1.29, 1.82) is 0 Å². The van der Waals surface area contributed by atoms with Gasteiger partial charge in [0.05, 0.1) is 0 Å². The molecule has 0 aliphatic heterocycles. The number of hydrogen-bond donors (Lipinski definition) is 2. The summed E-state index contributed by atoms with van der Waals surface area (Å²) in [7, 11) is 0. The van der Waals surface area contributed by atoms with Crippen molar-refractivity contribution >= 4 is 29.3 Å². The fourth-order valence-corrected chi connectivity index (χ4v) is 3.76. The van der Waals surface area contributed by atoms with Crippen molar-refractivity contribution in [3.05, 3.63) is 65.2 Å². The molecule has 2 aromatic carbocycles. The maximum Gasteiger partial charge on any atom is 0.238 e. The Morgan fingerprint density at radius 1 is 1.15 bits per heavy atom. The van der Waals surface area contributed by atoms with Gasteiger partial charge in [-0.25, -0.2) is 4.68 Å². The van der Waals surface area contributed by atoms with Crippen molar-refractivity contribution < 1.29 is 4.79 Å². The normalized spacial score (nSPS) is 14.7. The van der Waals surface area contributed by atoms with Crippen LogP contribution in [0.2, 0.25) is 5.02 Å². The third kappa shape index (κ3) is 4.09. The van der Waals surface area contributed by atoms with Gasteiger partial charge in [0.15, 0.2) is 5.82 Å². The number of aromatic nitrogens is 3. The number of hydrogen-bond acceptors (Lipinski definition) is 5. The van der Waals surface area contributed by atoms with Gasteiger partial charge in [-0.2, -0.15) is 0 Å². The molecule has 3 N–H and O–H groups in total. The predicted molar refractivity (Wildman–Crippen MR) is 107 cm³/mol. The average Bonchev–Trinajstić information content (AvgIpc) is 3.42. The number of rotatable bonds is 6. The maximum atomic E-state index is 12.8. The fraction of sp³-hybridized carbons (Fsp3) is 0.211. The van der Waals surface area contributed by atoms with Crippen LogP contribution in [-0.2, 0) is 4.79 Å². The molecule has 0 bridgehead atoms. The molecule has 8 heteroatoms.